The number of carboxylic acids is 1. The van der Waals surface area contributed by atoms with Crippen LogP contribution in [-0.2, 0) is 24.8 Å². The van der Waals surface area contributed by atoms with Gasteiger partial charge in [-0.25, -0.2) is 9.48 Å². The second kappa shape index (κ2) is 5.61. The lowest BCUT2D eigenvalue weighted by molar-refractivity contribution is 0.0688. The lowest BCUT2D eigenvalue weighted by atomic mass is 10.2. The van der Waals surface area contributed by atoms with E-state index in [1.54, 1.807) is 22.7 Å². The number of carbonyl (C=O) groups is 1. The highest BCUT2D eigenvalue weighted by Crippen LogP contribution is 2.10. The molecule has 8 heteroatoms. The number of hydrogen-bond donors (Lipinski definition) is 1. The van der Waals surface area contributed by atoms with Crippen molar-refractivity contribution < 1.29 is 14.6 Å². The van der Waals surface area contributed by atoms with Crippen LogP contribution >= 0.6 is 0 Å². The molecule has 0 bridgehead atoms. The molecule has 0 aliphatic heterocycles. The van der Waals surface area contributed by atoms with Crippen molar-refractivity contribution in [2.75, 3.05) is 13.7 Å². The van der Waals surface area contributed by atoms with E-state index in [1.165, 1.54) is 0 Å². The second-order valence-electron chi connectivity index (χ2n) is 4.11. The van der Waals surface area contributed by atoms with Crippen LogP contribution in [0.15, 0.2) is 12.4 Å². The molecule has 2 heterocycles. The quantitative estimate of drug-likeness (QED) is 0.786. The molecule has 0 aliphatic carbocycles. The van der Waals surface area contributed by atoms with Crippen LogP contribution in [0.5, 0.6) is 0 Å². The summed E-state index contributed by atoms with van der Waals surface area (Å²) in [6.07, 6.45) is 4.01. The first-order chi connectivity index (χ1) is 9.11. The van der Waals surface area contributed by atoms with Gasteiger partial charge in [0.05, 0.1) is 25.0 Å². The van der Waals surface area contributed by atoms with Crippen LogP contribution in [0.3, 0.4) is 0 Å². The Bertz CT molecular complexity index is 575. The minimum atomic E-state index is -1.08. The first-order valence-electron chi connectivity index (χ1n) is 5.74. The molecular formula is C11H15N5O3. The Morgan fingerprint density at radius 3 is 2.89 bits per heavy atom. The molecule has 102 valence electrons. The van der Waals surface area contributed by atoms with E-state index < -0.39 is 5.97 Å². The van der Waals surface area contributed by atoms with Crippen molar-refractivity contribution in [3.05, 3.63) is 29.3 Å². The van der Waals surface area contributed by atoms with Gasteiger partial charge in [0.25, 0.3) is 0 Å². The van der Waals surface area contributed by atoms with Gasteiger partial charge in [0, 0.05) is 32.3 Å². The molecule has 0 spiro atoms. The molecule has 0 fully saturated rings. The smallest absolute Gasteiger partial charge is 0.358 e. The third-order valence-corrected chi connectivity index (χ3v) is 2.67. The van der Waals surface area contributed by atoms with Gasteiger partial charge in [-0.15, -0.1) is 5.10 Å². The van der Waals surface area contributed by atoms with Gasteiger partial charge in [0.15, 0.2) is 5.69 Å². The van der Waals surface area contributed by atoms with Crippen LogP contribution < -0.4 is 0 Å². The largest absolute Gasteiger partial charge is 0.476 e. The standard InChI is InChI=1S/C11H15N5O3/c1-15-6-8(5-12-15)7-16-9(3-4-19-2)10(11(17)18)13-14-16/h5-6H,3-4,7H2,1-2H3,(H,17,18). The van der Waals surface area contributed by atoms with E-state index >= 15 is 0 Å². The third-order valence-electron chi connectivity index (χ3n) is 2.67. The maximum Gasteiger partial charge on any atom is 0.358 e. The zero-order valence-electron chi connectivity index (χ0n) is 10.8. The van der Waals surface area contributed by atoms with E-state index in [9.17, 15) is 4.79 Å². The summed E-state index contributed by atoms with van der Waals surface area (Å²) in [4.78, 5) is 11.1. The molecule has 2 rings (SSSR count). The third kappa shape index (κ3) is 2.97. The van der Waals surface area contributed by atoms with Gasteiger partial charge in [-0.05, 0) is 0 Å². The number of hydrogen-bond acceptors (Lipinski definition) is 5. The maximum absolute atomic E-state index is 11.1. The number of aryl methyl sites for hydroxylation is 1. The number of aromatic nitrogens is 5. The first-order valence-corrected chi connectivity index (χ1v) is 5.74. The zero-order valence-corrected chi connectivity index (χ0v) is 10.8. The van der Waals surface area contributed by atoms with Crippen molar-refractivity contribution in [2.24, 2.45) is 7.05 Å². The molecule has 0 aromatic carbocycles. The van der Waals surface area contributed by atoms with Crippen LogP contribution in [0.2, 0.25) is 0 Å². The second-order valence-corrected chi connectivity index (χ2v) is 4.11. The number of carboxylic acid groups (broad SMARTS) is 1. The van der Waals surface area contributed by atoms with Crippen molar-refractivity contribution in [3.8, 4) is 0 Å². The van der Waals surface area contributed by atoms with Crippen LogP contribution in [0.1, 0.15) is 21.7 Å². The van der Waals surface area contributed by atoms with Gasteiger partial charge < -0.3 is 9.84 Å². The lowest BCUT2D eigenvalue weighted by Gasteiger charge is -2.05. The molecule has 0 aliphatic rings. The van der Waals surface area contributed by atoms with Crippen molar-refractivity contribution in [3.63, 3.8) is 0 Å². The highest BCUT2D eigenvalue weighted by Gasteiger charge is 2.18. The molecule has 19 heavy (non-hydrogen) atoms. The first kappa shape index (κ1) is 13.2. The molecule has 0 saturated heterocycles. The van der Waals surface area contributed by atoms with E-state index in [-0.39, 0.29) is 5.69 Å². The molecule has 0 atom stereocenters. The molecule has 1 N–H and O–H groups in total. The summed E-state index contributed by atoms with van der Waals surface area (Å²) in [5, 5.41) is 20.7. The number of ether oxygens (including phenoxy) is 1. The Kier molecular flexibility index (Phi) is 3.91. The number of nitrogens with zero attached hydrogens (tertiary/aromatic N) is 5. The van der Waals surface area contributed by atoms with Crippen LogP contribution in [0, 0.1) is 0 Å². The minimum Gasteiger partial charge on any atom is -0.476 e. The molecule has 0 amide bonds. The summed E-state index contributed by atoms with van der Waals surface area (Å²) in [6, 6.07) is 0. The van der Waals surface area contributed by atoms with Crippen molar-refractivity contribution in [1.29, 1.82) is 0 Å². The summed E-state index contributed by atoms with van der Waals surface area (Å²) in [7, 11) is 3.38. The van der Waals surface area contributed by atoms with Gasteiger partial charge >= 0.3 is 5.97 Å². The van der Waals surface area contributed by atoms with E-state index in [2.05, 4.69) is 15.4 Å². The Morgan fingerprint density at radius 2 is 2.32 bits per heavy atom. The van der Waals surface area contributed by atoms with E-state index in [1.807, 2.05) is 13.2 Å². The number of methoxy groups -OCH3 is 1. The molecule has 0 radical (unpaired) electrons. The molecular weight excluding hydrogens is 250 g/mol. The maximum atomic E-state index is 11.1. The molecule has 0 saturated carbocycles. The lowest BCUT2D eigenvalue weighted by Crippen LogP contribution is -2.11. The van der Waals surface area contributed by atoms with Crippen molar-refractivity contribution in [2.45, 2.75) is 13.0 Å². The summed E-state index contributed by atoms with van der Waals surface area (Å²) >= 11 is 0. The Morgan fingerprint density at radius 1 is 1.53 bits per heavy atom. The predicted octanol–water partition coefficient (Wildman–Crippen LogP) is -0.0530. The number of aromatic carboxylic acids is 1. The fraction of sp³-hybridized carbons (Fsp3) is 0.455. The van der Waals surface area contributed by atoms with Crippen LogP contribution in [0.25, 0.3) is 0 Å². The van der Waals surface area contributed by atoms with Gasteiger partial charge in [-0.1, -0.05) is 5.21 Å². The Hall–Kier alpha value is -2.22. The Labute approximate surface area is 109 Å². The molecule has 0 unspecified atom stereocenters. The highest BCUT2D eigenvalue weighted by atomic mass is 16.5. The van der Waals surface area contributed by atoms with Gasteiger partial charge in [-0.2, -0.15) is 5.10 Å². The zero-order chi connectivity index (χ0) is 13.8. The number of rotatable bonds is 6. The van der Waals surface area contributed by atoms with Crippen molar-refractivity contribution in [1.82, 2.24) is 24.8 Å². The summed E-state index contributed by atoms with van der Waals surface area (Å²) in [5.41, 5.74) is 1.46. The van der Waals surface area contributed by atoms with Gasteiger partial charge in [-0.3, -0.25) is 4.68 Å². The SMILES string of the molecule is COCCc1c(C(=O)O)nnn1Cc1cnn(C)c1. The van der Waals surface area contributed by atoms with Gasteiger partial charge in [0.1, 0.15) is 0 Å². The predicted molar refractivity (Wildman–Crippen MR) is 64.9 cm³/mol. The molecule has 8 nitrogen and oxygen atoms in total. The van der Waals surface area contributed by atoms with E-state index in [0.29, 0.717) is 25.3 Å². The Balaban J connectivity index is 2.26. The normalized spacial score (nSPS) is 10.8. The minimum absolute atomic E-state index is 0.0269. The fourth-order valence-corrected chi connectivity index (χ4v) is 1.80. The van der Waals surface area contributed by atoms with Crippen LogP contribution in [-0.4, -0.2) is 49.6 Å². The van der Waals surface area contributed by atoms with E-state index in [4.69, 9.17) is 9.84 Å². The van der Waals surface area contributed by atoms with Crippen LogP contribution in [0.4, 0.5) is 0 Å². The molecule has 2 aromatic rings. The molecule has 2 aromatic heterocycles. The van der Waals surface area contributed by atoms with E-state index in [0.717, 1.165) is 5.56 Å². The summed E-state index contributed by atoms with van der Waals surface area (Å²) in [5.74, 6) is -1.08. The monoisotopic (exact) mass is 265 g/mol. The summed E-state index contributed by atoms with van der Waals surface area (Å²) < 4.78 is 8.23. The summed E-state index contributed by atoms with van der Waals surface area (Å²) in [6.45, 7) is 0.855. The van der Waals surface area contributed by atoms with Crippen molar-refractivity contribution >= 4 is 5.97 Å². The average molecular weight is 265 g/mol. The fourth-order valence-electron chi connectivity index (χ4n) is 1.80. The highest BCUT2D eigenvalue weighted by molar-refractivity contribution is 5.86. The topological polar surface area (TPSA) is 95.1 Å². The van der Waals surface area contributed by atoms with Gasteiger partial charge in [0.2, 0.25) is 0 Å². The average Bonchev–Trinajstić information content (AvgIpc) is 2.94.